The Balaban J connectivity index is 4.09. The van der Waals surface area contributed by atoms with Gasteiger partial charge in [-0.3, -0.25) is 9.59 Å². The molecule has 1 atom stereocenters. The molecule has 0 saturated carbocycles. The molecule has 0 rings (SSSR count). The molecule has 0 aromatic carbocycles. The van der Waals surface area contributed by atoms with Crippen LogP contribution < -0.4 is 0 Å². The van der Waals surface area contributed by atoms with E-state index in [0.717, 1.165) is 32.1 Å². The highest BCUT2D eigenvalue weighted by Crippen LogP contribution is 2.15. The number of ether oxygens (including phenoxy) is 3. The van der Waals surface area contributed by atoms with Crippen molar-refractivity contribution in [1.82, 2.24) is 0 Å². The molecule has 5 heteroatoms. The van der Waals surface area contributed by atoms with Crippen LogP contribution in [-0.2, 0) is 23.8 Å². The molecule has 0 aliphatic rings. The van der Waals surface area contributed by atoms with Crippen molar-refractivity contribution in [3.8, 4) is 0 Å². The van der Waals surface area contributed by atoms with Crippen molar-refractivity contribution >= 4 is 11.9 Å². The highest BCUT2D eigenvalue weighted by molar-refractivity contribution is 5.70. The SMILES string of the molecule is CCCCCCCC/C=C\CCCCCCCCCCCCOCC(COC(=O)CCCCCCCCCCCCC)OC(=O)CCCCCCCCCCC. The second kappa shape index (κ2) is 48.0. The quantitative estimate of drug-likeness (QED) is 0.0349. The molecule has 0 saturated heterocycles. The smallest absolute Gasteiger partial charge is 0.306 e. The minimum atomic E-state index is -0.525. The number of allylic oxidation sites excluding steroid dienone is 2. The topological polar surface area (TPSA) is 61.8 Å². The van der Waals surface area contributed by atoms with Crippen LogP contribution in [0.2, 0.25) is 0 Å². The zero-order valence-corrected chi connectivity index (χ0v) is 38.2. The van der Waals surface area contributed by atoms with Crippen LogP contribution in [0.3, 0.4) is 0 Å². The van der Waals surface area contributed by atoms with Crippen molar-refractivity contribution in [1.29, 1.82) is 0 Å². The van der Waals surface area contributed by atoms with Gasteiger partial charge in [-0.1, -0.05) is 232 Å². The van der Waals surface area contributed by atoms with Gasteiger partial charge in [0.15, 0.2) is 6.10 Å². The highest BCUT2D eigenvalue weighted by Gasteiger charge is 2.17. The molecule has 0 fully saturated rings. The number of carbonyl (C=O) groups is 2. The monoisotopic (exact) mass is 791 g/mol. The molecule has 0 heterocycles. The first kappa shape index (κ1) is 54.6. The van der Waals surface area contributed by atoms with Crippen molar-refractivity contribution < 1.29 is 23.8 Å². The average molecular weight is 791 g/mol. The Kier molecular flexibility index (Phi) is 46.8. The summed E-state index contributed by atoms with van der Waals surface area (Å²) in [4.78, 5) is 25.2. The van der Waals surface area contributed by atoms with Crippen LogP contribution in [0.4, 0.5) is 0 Å². The lowest BCUT2D eigenvalue weighted by atomic mass is 10.1. The van der Waals surface area contributed by atoms with E-state index >= 15 is 0 Å². The lowest BCUT2D eigenvalue weighted by Gasteiger charge is -2.18. The standard InChI is InChI=1S/C51H98O5/c1-4-7-10-13-16-19-21-22-23-24-25-26-27-28-29-31-34-37-40-43-46-54-47-49(56-51(53)45-42-39-36-32-18-15-12-9-6-3)48-55-50(52)44-41-38-35-33-30-20-17-14-11-8-5-2/h22-23,49H,4-21,24-48H2,1-3H3/b23-22-. The summed E-state index contributed by atoms with van der Waals surface area (Å²) in [5.41, 5.74) is 0. The van der Waals surface area contributed by atoms with Gasteiger partial charge in [-0.15, -0.1) is 0 Å². The molecular weight excluding hydrogens is 693 g/mol. The lowest BCUT2D eigenvalue weighted by molar-refractivity contribution is -0.163. The molecule has 0 aromatic heterocycles. The van der Waals surface area contributed by atoms with E-state index in [2.05, 4.69) is 32.9 Å². The molecule has 332 valence electrons. The van der Waals surface area contributed by atoms with Gasteiger partial charge in [0.1, 0.15) is 6.61 Å². The minimum absolute atomic E-state index is 0.0936. The third kappa shape index (κ3) is 45.3. The summed E-state index contributed by atoms with van der Waals surface area (Å²) in [7, 11) is 0. The zero-order chi connectivity index (χ0) is 40.7. The van der Waals surface area contributed by atoms with Crippen LogP contribution >= 0.6 is 0 Å². The van der Waals surface area contributed by atoms with Crippen LogP contribution in [0.5, 0.6) is 0 Å². The Hall–Kier alpha value is -1.36. The Labute approximate surface area is 350 Å². The van der Waals surface area contributed by atoms with Gasteiger partial charge in [0.05, 0.1) is 6.61 Å². The third-order valence-electron chi connectivity index (χ3n) is 11.3. The first-order chi connectivity index (χ1) is 27.6. The van der Waals surface area contributed by atoms with Crippen molar-refractivity contribution in [3.63, 3.8) is 0 Å². The van der Waals surface area contributed by atoms with E-state index in [1.165, 1.54) is 212 Å². The molecular formula is C51H98O5. The number of hydrogen-bond donors (Lipinski definition) is 0. The van der Waals surface area contributed by atoms with Crippen molar-refractivity contribution in [2.45, 2.75) is 284 Å². The maximum Gasteiger partial charge on any atom is 0.306 e. The Morgan fingerprint density at radius 2 is 0.696 bits per heavy atom. The highest BCUT2D eigenvalue weighted by atomic mass is 16.6. The number of hydrogen-bond acceptors (Lipinski definition) is 5. The van der Waals surface area contributed by atoms with Crippen LogP contribution in [0.25, 0.3) is 0 Å². The van der Waals surface area contributed by atoms with Gasteiger partial charge in [0, 0.05) is 19.4 Å². The molecule has 56 heavy (non-hydrogen) atoms. The average Bonchev–Trinajstić information content (AvgIpc) is 3.20. The largest absolute Gasteiger partial charge is 0.462 e. The number of carbonyl (C=O) groups excluding carboxylic acids is 2. The minimum Gasteiger partial charge on any atom is -0.462 e. The van der Waals surface area contributed by atoms with E-state index in [1.807, 2.05) is 0 Å². The Morgan fingerprint density at radius 3 is 1.09 bits per heavy atom. The van der Waals surface area contributed by atoms with E-state index in [-0.39, 0.29) is 18.5 Å². The summed E-state index contributed by atoms with van der Waals surface area (Å²) in [5, 5.41) is 0. The van der Waals surface area contributed by atoms with E-state index < -0.39 is 6.10 Å². The predicted octanol–water partition coefficient (Wildman–Crippen LogP) is 16.7. The normalized spacial score (nSPS) is 12.1. The molecule has 5 nitrogen and oxygen atoms in total. The summed E-state index contributed by atoms with van der Waals surface area (Å²) in [6.45, 7) is 7.85. The Morgan fingerprint density at radius 1 is 0.375 bits per heavy atom. The molecule has 0 spiro atoms. The fourth-order valence-corrected chi connectivity index (χ4v) is 7.51. The molecule has 0 bridgehead atoms. The second-order valence-corrected chi connectivity index (χ2v) is 17.1. The molecule has 0 aliphatic heterocycles. The third-order valence-corrected chi connectivity index (χ3v) is 11.3. The first-order valence-electron chi connectivity index (χ1n) is 25.2. The fourth-order valence-electron chi connectivity index (χ4n) is 7.51. The van der Waals surface area contributed by atoms with Crippen LogP contribution in [0.15, 0.2) is 12.2 Å². The molecule has 0 radical (unpaired) electrons. The van der Waals surface area contributed by atoms with Gasteiger partial charge in [0.25, 0.3) is 0 Å². The van der Waals surface area contributed by atoms with Gasteiger partial charge < -0.3 is 14.2 Å². The van der Waals surface area contributed by atoms with Gasteiger partial charge in [-0.2, -0.15) is 0 Å². The lowest BCUT2D eigenvalue weighted by Crippen LogP contribution is -2.30. The summed E-state index contributed by atoms with van der Waals surface area (Å²) in [6, 6.07) is 0. The number of esters is 2. The van der Waals surface area contributed by atoms with Crippen LogP contribution in [0, 0.1) is 0 Å². The maximum atomic E-state index is 12.7. The fraction of sp³-hybridized carbons (Fsp3) is 0.922. The van der Waals surface area contributed by atoms with E-state index in [4.69, 9.17) is 14.2 Å². The summed E-state index contributed by atoms with van der Waals surface area (Å²) >= 11 is 0. The molecule has 1 unspecified atom stereocenters. The molecule has 0 N–H and O–H groups in total. The number of rotatable bonds is 47. The predicted molar refractivity (Wildman–Crippen MR) is 242 cm³/mol. The van der Waals surface area contributed by atoms with Crippen molar-refractivity contribution in [2.75, 3.05) is 19.8 Å². The van der Waals surface area contributed by atoms with Gasteiger partial charge in [0.2, 0.25) is 0 Å². The van der Waals surface area contributed by atoms with E-state index in [9.17, 15) is 9.59 Å². The Bertz CT molecular complexity index is 810. The van der Waals surface area contributed by atoms with Gasteiger partial charge >= 0.3 is 11.9 Å². The number of unbranched alkanes of at least 4 members (excludes halogenated alkanes) is 34. The molecule has 0 aromatic rings. The van der Waals surface area contributed by atoms with Gasteiger partial charge in [-0.25, -0.2) is 0 Å². The van der Waals surface area contributed by atoms with Crippen molar-refractivity contribution in [2.24, 2.45) is 0 Å². The van der Waals surface area contributed by atoms with Crippen molar-refractivity contribution in [3.05, 3.63) is 12.2 Å². The second-order valence-electron chi connectivity index (χ2n) is 17.1. The maximum absolute atomic E-state index is 12.7. The van der Waals surface area contributed by atoms with Crippen LogP contribution in [0.1, 0.15) is 278 Å². The zero-order valence-electron chi connectivity index (χ0n) is 38.2. The van der Waals surface area contributed by atoms with E-state index in [1.54, 1.807) is 0 Å². The summed E-state index contributed by atoms with van der Waals surface area (Å²) in [5.74, 6) is -0.384. The van der Waals surface area contributed by atoms with Gasteiger partial charge in [-0.05, 0) is 44.9 Å². The summed E-state index contributed by atoms with van der Waals surface area (Å²) in [6.07, 6.45) is 53.6. The van der Waals surface area contributed by atoms with Crippen LogP contribution in [-0.4, -0.2) is 37.9 Å². The first-order valence-corrected chi connectivity index (χ1v) is 25.2. The molecule has 0 aliphatic carbocycles. The molecule has 0 amide bonds. The summed E-state index contributed by atoms with van der Waals surface area (Å²) < 4.78 is 17.3. The van der Waals surface area contributed by atoms with E-state index in [0.29, 0.717) is 26.1 Å².